The number of anilines is 1. The molecular formula is C18H16ClN3O2. The smallest absolute Gasteiger partial charge is 0.234 e. The van der Waals surface area contributed by atoms with Crippen molar-refractivity contribution in [2.75, 3.05) is 5.32 Å². The third kappa shape index (κ3) is 5.41. The largest absolute Gasteiger partial charge is 0.351 e. The summed E-state index contributed by atoms with van der Waals surface area (Å²) in [6, 6.07) is 16.2. The Kier molecular flexibility index (Phi) is 6.35. The molecule has 0 saturated heterocycles. The lowest BCUT2D eigenvalue weighted by atomic mass is 10.1. The van der Waals surface area contributed by atoms with E-state index in [0.717, 1.165) is 11.1 Å². The van der Waals surface area contributed by atoms with Gasteiger partial charge in [0, 0.05) is 17.3 Å². The molecule has 0 aromatic heterocycles. The second-order valence-corrected chi connectivity index (χ2v) is 5.54. The van der Waals surface area contributed by atoms with Crippen LogP contribution < -0.4 is 10.6 Å². The van der Waals surface area contributed by atoms with E-state index in [1.165, 1.54) is 0 Å². The minimum atomic E-state index is -0.328. The third-order valence-corrected chi connectivity index (χ3v) is 3.62. The van der Waals surface area contributed by atoms with Gasteiger partial charge in [0.2, 0.25) is 11.8 Å². The van der Waals surface area contributed by atoms with Crippen LogP contribution in [0, 0.1) is 11.3 Å². The van der Waals surface area contributed by atoms with Gasteiger partial charge in [-0.25, -0.2) is 0 Å². The summed E-state index contributed by atoms with van der Waals surface area (Å²) in [5.41, 5.74) is 2.23. The molecule has 122 valence electrons. The number of rotatable bonds is 6. The summed E-state index contributed by atoms with van der Waals surface area (Å²) in [4.78, 5) is 23.4. The van der Waals surface area contributed by atoms with Crippen molar-refractivity contribution in [2.24, 2.45) is 0 Å². The molecule has 2 N–H and O–H groups in total. The van der Waals surface area contributed by atoms with Crippen molar-refractivity contribution in [3.05, 3.63) is 64.7 Å². The van der Waals surface area contributed by atoms with E-state index in [1.807, 2.05) is 24.3 Å². The number of hydrogen-bond acceptors (Lipinski definition) is 3. The number of carbonyl (C=O) groups is 2. The fraction of sp³-hybridized carbons (Fsp3) is 0.167. The van der Waals surface area contributed by atoms with Crippen molar-refractivity contribution in [1.29, 1.82) is 5.26 Å². The molecule has 24 heavy (non-hydrogen) atoms. The van der Waals surface area contributed by atoms with Gasteiger partial charge < -0.3 is 10.6 Å². The summed E-state index contributed by atoms with van der Waals surface area (Å²) < 4.78 is 0. The standard InChI is InChI=1S/C18H16ClN3O2/c19-16-7-2-1-5-14(16)11-18(24)22-15-6-3-4-13(10-15)12-21-17(23)8-9-20/h1-7,10H,8,11-12H2,(H,21,23)(H,22,24). The normalized spacial score (nSPS) is 9.83. The minimum Gasteiger partial charge on any atom is -0.351 e. The lowest BCUT2D eigenvalue weighted by Gasteiger charge is -2.09. The van der Waals surface area contributed by atoms with Crippen LogP contribution in [0.1, 0.15) is 17.5 Å². The van der Waals surface area contributed by atoms with Crippen LogP contribution in [-0.4, -0.2) is 11.8 Å². The molecule has 0 unspecified atom stereocenters. The van der Waals surface area contributed by atoms with Gasteiger partial charge in [-0.05, 0) is 29.3 Å². The molecule has 0 aliphatic carbocycles. The Balaban J connectivity index is 1.94. The topological polar surface area (TPSA) is 82.0 Å². The number of carbonyl (C=O) groups excluding carboxylic acids is 2. The Hall–Kier alpha value is -2.84. The first-order valence-electron chi connectivity index (χ1n) is 7.34. The van der Waals surface area contributed by atoms with E-state index >= 15 is 0 Å². The molecule has 0 aliphatic heterocycles. The van der Waals surface area contributed by atoms with Crippen LogP contribution in [0.2, 0.25) is 5.02 Å². The molecule has 0 atom stereocenters. The van der Waals surface area contributed by atoms with Crippen LogP contribution in [0.25, 0.3) is 0 Å². The highest BCUT2D eigenvalue weighted by Gasteiger charge is 2.07. The van der Waals surface area contributed by atoms with Gasteiger partial charge in [-0.3, -0.25) is 9.59 Å². The zero-order valence-electron chi connectivity index (χ0n) is 12.9. The molecule has 0 heterocycles. The fourth-order valence-corrected chi connectivity index (χ4v) is 2.32. The lowest BCUT2D eigenvalue weighted by Crippen LogP contribution is -2.22. The van der Waals surface area contributed by atoms with Crippen molar-refractivity contribution < 1.29 is 9.59 Å². The first-order chi connectivity index (χ1) is 11.6. The zero-order chi connectivity index (χ0) is 17.4. The Morgan fingerprint density at radius 3 is 2.62 bits per heavy atom. The number of nitriles is 1. The van der Waals surface area contributed by atoms with E-state index in [1.54, 1.807) is 30.3 Å². The third-order valence-electron chi connectivity index (χ3n) is 3.25. The SMILES string of the molecule is N#CCC(=O)NCc1cccc(NC(=O)Cc2ccccc2Cl)c1. The molecule has 2 aromatic carbocycles. The maximum absolute atomic E-state index is 12.1. The van der Waals surface area contributed by atoms with E-state index in [0.29, 0.717) is 17.3 Å². The van der Waals surface area contributed by atoms with Gasteiger partial charge in [0.15, 0.2) is 0 Å². The van der Waals surface area contributed by atoms with Gasteiger partial charge in [-0.1, -0.05) is 41.9 Å². The predicted molar refractivity (Wildman–Crippen MR) is 92.3 cm³/mol. The number of amides is 2. The molecule has 0 spiro atoms. The number of nitrogens with zero attached hydrogens (tertiary/aromatic N) is 1. The fourth-order valence-electron chi connectivity index (χ4n) is 2.11. The van der Waals surface area contributed by atoms with E-state index in [2.05, 4.69) is 10.6 Å². The molecule has 0 saturated carbocycles. The maximum atomic E-state index is 12.1. The predicted octanol–water partition coefficient (Wildman–Crippen LogP) is 3.05. The summed E-state index contributed by atoms with van der Waals surface area (Å²) in [7, 11) is 0. The average Bonchev–Trinajstić information content (AvgIpc) is 2.56. The van der Waals surface area contributed by atoms with Crippen LogP contribution in [0.5, 0.6) is 0 Å². The minimum absolute atomic E-state index is 0.172. The van der Waals surface area contributed by atoms with Gasteiger partial charge in [0.1, 0.15) is 6.42 Å². The number of benzene rings is 2. The number of hydrogen-bond donors (Lipinski definition) is 2. The van der Waals surface area contributed by atoms with Crippen LogP contribution in [0.4, 0.5) is 5.69 Å². The summed E-state index contributed by atoms with van der Waals surface area (Å²) in [6.07, 6.45) is 0.0110. The molecule has 2 amide bonds. The quantitative estimate of drug-likeness (QED) is 0.847. The highest BCUT2D eigenvalue weighted by atomic mass is 35.5. The molecular weight excluding hydrogens is 326 g/mol. The summed E-state index contributed by atoms with van der Waals surface area (Å²) in [6.45, 7) is 0.300. The van der Waals surface area contributed by atoms with Gasteiger partial charge in [-0.15, -0.1) is 0 Å². The van der Waals surface area contributed by atoms with Crippen LogP contribution in [0.3, 0.4) is 0 Å². The molecule has 5 nitrogen and oxygen atoms in total. The highest BCUT2D eigenvalue weighted by molar-refractivity contribution is 6.31. The van der Waals surface area contributed by atoms with Crippen molar-refractivity contribution in [3.8, 4) is 6.07 Å². The van der Waals surface area contributed by atoms with Crippen molar-refractivity contribution in [2.45, 2.75) is 19.4 Å². The highest BCUT2D eigenvalue weighted by Crippen LogP contribution is 2.17. The Labute approximate surface area is 145 Å². The van der Waals surface area contributed by atoms with Gasteiger partial charge in [0.05, 0.1) is 12.5 Å². The van der Waals surface area contributed by atoms with Crippen LogP contribution in [-0.2, 0) is 22.6 Å². The van der Waals surface area contributed by atoms with Crippen LogP contribution >= 0.6 is 11.6 Å². The molecule has 0 fully saturated rings. The second kappa shape index (κ2) is 8.70. The van der Waals surface area contributed by atoms with E-state index in [-0.39, 0.29) is 24.7 Å². The first-order valence-corrected chi connectivity index (χ1v) is 7.72. The summed E-state index contributed by atoms with van der Waals surface area (Å²) in [5.74, 6) is -0.501. The summed E-state index contributed by atoms with van der Waals surface area (Å²) in [5, 5.41) is 14.5. The molecule has 2 aromatic rings. The van der Waals surface area contributed by atoms with Gasteiger partial charge in [-0.2, -0.15) is 5.26 Å². The zero-order valence-corrected chi connectivity index (χ0v) is 13.6. The second-order valence-electron chi connectivity index (χ2n) is 5.13. The van der Waals surface area contributed by atoms with E-state index < -0.39 is 0 Å². The van der Waals surface area contributed by atoms with E-state index in [4.69, 9.17) is 16.9 Å². The molecule has 0 aliphatic rings. The van der Waals surface area contributed by atoms with Gasteiger partial charge in [0.25, 0.3) is 0 Å². The van der Waals surface area contributed by atoms with Crippen LogP contribution in [0.15, 0.2) is 48.5 Å². The lowest BCUT2D eigenvalue weighted by molar-refractivity contribution is -0.120. The first kappa shape index (κ1) is 17.5. The average molecular weight is 342 g/mol. The Morgan fingerprint density at radius 2 is 1.88 bits per heavy atom. The van der Waals surface area contributed by atoms with E-state index in [9.17, 15) is 9.59 Å². The molecule has 2 rings (SSSR count). The summed E-state index contributed by atoms with van der Waals surface area (Å²) >= 11 is 6.05. The molecule has 0 bridgehead atoms. The number of nitrogens with one attached hydrogen (secondary N) is 2. The Bertz CT molecular complexity index is 784. The van der Waals surface area contributed by atoms with Crippen molar-refractivity contribution in [3.63, 3.8) is 0 Å². The molecule has 0 radical (unpaired) electrons. The van der Waals surface area contributed by atoms with Gasteiger partial charge >= 0.3 is 0 Å². The van der Waals surface area contributed by atoms with Crippen molar-refractivity contribution in [1.82, 2.24) is 5.32 Å². The van der Waals surface area contributed by atoms with Crippen molar-refractivity contribution >= 4 is 29.1 Å². The number of halogens is 1. The monoisotopic (exact) mass is 341 g/mol. The maximum Gasteiger partial charge on any atom is 0.234 e. The Morgan fingerprint density at radius 1 is 1.08 bits per heavy atom. The molecule has 6 heteroatoms.